The minimum atomic E-state index is -1.68. The van der Waals surface area contributed by atoms with Crippen molar-refractivity contribution in [2.75, 3.05) is 6.54 Å². The van der Waals surface area contributed by atoms with Gasteiger partial charge in [-0.05, 0) is 25.3 Å². The van der Waals surface area contributed by atoms with Crippen molar-refractivity contribution in [3.05, 3.63) is 0 Å². The molecule has 14 heteroatoms. The van der Waals surface area contributed by atoms with Gasteiger partial charge in [-0.3, -0.25) is 24.0 Å². The number of primary amides is 1. The summed E-state index contributed by atoms with van der Waals surface area (Å²) in [6.45, 7) is 3.70. The number of carbonyl (C=O) groups is 6. The number of hydrogen-bond acceptors (Lipinski definition) is 8. The van der Waals surface area contributed by atoms with Gasteiger partial charge in [0.15, 0.2) is 0 Å². The number of nitrogens with one attached hydrogen (secondary N) is 3. The van der Waals surface area contributed by atoms with E-state index < -0.39 is 78.5 Å². The smallest absolute Gasteiger partial charge is 0.326 e. The Hall–Kier alpha value is -3.26. The zero-order valence-electron chi connectivity index (χ0n) is 19.4. The van der Waals surface area contributed by atoms with E-state index in [9.17, 15) is 33.9 Å². The highest BCUT2D eigenvalue weighted by atomic mass is 16.4. The SMILES string of the molecule is CCC(C)C(NC(=O)C(CC(=O)O)NC(=O)C(CC(N)=O)NC(=O)C(N)CCCCN)C(=O)O. The molecule has 0 aromatic heterocycles. The summed E-state index contributed by atoms with van der Waals surface area (Å²) in [5.74, 6) is -7.06. The van der Waals surface area contributed by atoms with Crippen LogP contribution in [0.3, 0.4) is 0 Å². The maximum atomic E-state index is 12.7. The highest BCUT2D eigenvalue weighted by molar-refractivity contribution is 5.97. The standard InChI is InChI=1S/C20H36N6O8/c1-3-10(2)16(20(33)34)26-19(32)13(9-15(28)29)25-18(31)12(8-14(23)27)24-17(30)11(22)6-4-5-7-21/h10-13,16H,3-9,21-22H2,1-2H3,(H2,23,27)(H,24,30)(H,25,31)(H,26,32)(H,28,29)(H,33,34). The van der Waals surface area contributed by atoms with Crippen molar-refractivity contribution in [3.63, 3.8) is 0 Å². The van der Waals surface area contributed by atoms with Crippen molar-refractivity contribution in [3.8, 4) is 0 Å². The zero-order chi connectivity index (χ0) is 26.4. The number of carboxylic acids is 2. The van der Waals surface area contributed by atoms with Crippen molar-refractivity contribution in [1.82, 2.24) is 16.0 Å². The van der Waals surface area contributed by atoms with Crippen LogP contribution in [0, 0.1) is 5.92 Å². The summed E-state index contributed by atoms with van der Waals surface area (Å²) in [6, 6.07) is -5.53. The lowest BCUT2D eigenvalue weighted by Gasteiger charge is -2.25. The molecule has 0 aromatic carbocycles. The van der Waals surface area contributed by atoms with Crippen LogP contribution in [0.2, 0.25) is 0 Å². The lowest BCUT2D eigenvalue weighted by molar-refractivity contribution is -0.145. The van der Waals surface area contributed by atoms with E-state index in [0.717, 1.165) is 0 Å². The number of nitrogens with two attached hydrogens (primary N) is 3. The molecule has 0 heterocycles. The quantitative estimate of drug-likeness (QED) is 0.0988. The first-order valence-electron chi connectivity index (χ1n) is 10.9. The summed E-state index contributed by atoms with van der Waals surface area (Å²) in [5.41, 5.74) is 16.3. The van der Waals surface area contributed by atoms with Crippen LogP contribution in [0.25, 0.3) is 0 Å². The third-order valence-corrected chi connectivity index (χ3v) is 5.13. The van der Waals surface area contributed by atoms with E-state index in [1.807, 2.05) is 0 Å². The third kappa shape index (κ3) is 11.6. The van der Waals surface area contributed by atoms with Gasteiger partial charge in [0.05, 0.1) is 18.9 Å². The number of rotatable bonds is 17. The fraction of sp³-hybridized carbons (Fsp3) is 0.700. The molecule has 4 amide bonds. The topological polar surface area (TPSA) is 257 Å². The maximum absolute atomic E-state index is 12.7. The molecule has 0 saturated carbocycles. The normalized spacial score (nSPS) is 15.2. The van der Waals surface area contributed by atoms with Gasteiger partial charge in [0, 0.05) is 0 Å². The average molecular weight is 489 g/mol. The van der Waals surface area contributed by atoms with E-state index in [1.165, 1.54) is 0 Å². The average Bonchev–Trinajstić information content (AvgIpc) is 2.74. The van der Waals surface area contributed by atoms with Crippen LogP contribution in [0.5, 0.6) is 0 Å². The largest absolute Gasteiger partial charge is 0.481 e. The highest BCUT2D eigenvalue weighted by Gasteiger charge is 2.33. The number of unbranched alkanes of at least 4 members (excludes halogenated alkanes) is 1. The molecule has 5 atom stereocenters. The summed E-state index contributed by atoms with van der Waals surface area (Å²) in [7, 11) is 0. The first-order chi connectivity index (χ1) is 15.8. The van der Waals surface area contributed by atoms with Gasteiger partial charge < -0.3 is 43.4 Å². The Morgan fingerprint density at radius 3 is 1.85 bits per heavy atom. The first kappa shape index (κ1) is 30.7. The van der Waals surface area contributed by atoms with Crippen molar-refractivity contribution < 1.29 is 39.0 Å². The molecule has 0 bridgehead atoms. The molecule has 11 N–H and O–H groups in total. The van der Waals surface area contributed by atoms with E-state index in [1.54, 1.807) is 13.8 Å². The number of carboxylic acid groups (broad SMARTS) is 2. The zero-order valence-corrected chi connectivity index (χ0v) is 19.4. The molecule has 0 rings (SSSR count). The van der Waals surface area contributed by atoms with Gasteiger partial charge >= 0.3 is 11.9 Å². The van der Waals surface area contributed by atoms with E-state index in [2.05, 4.69) is 16.0 Å². The fourth-order valence-electron chi connectivity index (χ4n) is 2.92. The lowest BCUT2D eigenvalue weighted by atomic mass is 9.98. The van der Waals surface area contributed by atoms with Gasteiger partial charge in [0.2, 0.25) is 23.6 Å². The van der Waals surface area contributed by atoms with Crippen molar-refractivity contribution in [2.24, 2.45) is 23.1 Å². The Kier molecular flexibility index (Phi) is 14.1. The summed E-state index contributed by atoms with van der Waals surface area (Å²) >= 11 is 0. The fourth-order valence-corrected chi connectivity index (χ4v) is 2.92. The molecule has 0 saturated heterocycles. The van der Waals surface area contributed by atoms with Gasteiger partial charge in [0.1, 0.15) is 18.1 Å². The van der Waals surface area contributed by atoms with E-state index in [4.69, 9.17) is 22.3 Å². The number of aliphatic carboxylic acids is 2. The highest BCUT2D eigenvalue weighted by Crippen LogP contribution is 2.09. The molecular weight excluding hydrogens is 452 g/mol. The molecular formula is C20H36N6O8. The van der Waals surface area contributed by atoms with Crippen LogP contribution in [0.1, 0.15) is 52.4 Å². The first-order valence-corrected chi connectivity index (χ1v) is 10.9. The van der Waals surface area contributed by atoms with Crippen LogP contribution >= 0.6 is 0 Å². The number of hydrogen-bond donors (Lipinski definition) is 8. The molecule has 34 heavy (non-hydrogen) atoms. The molecule has 0 spiro atoms. The summed E-state index contributed by atoms with van der Waals surface area (Å²) in [6.07, 6.45) is 0.348. The molecule has 0 aliphatic heterocycles. The second kappa shape index (κ2) is 15.6. The second-order valence-corrected chi connectivity index (χ2v) is 7.99. The van der Waals surface area contributed by atoms with Gasteiger partial charge in [0.25, 0.3) is 0 Å². The van der Waals surface area contributed by atoms with Gasteiger partial charge in [-0.25, -0.2) is 4.79 Å². The summed E-state index contributed by atoms with van der Waals surface area (Å²) in [5, 5.41) is 25.1. The minimum Gasteiger partial charge on any atom is -0.481 e. The molecule has 0 aliphatic rings. The number of amides is 4. The van der Waals surface area contributed by atoms with Gasteiger partial charge in [-0.2, -0.15) is 0 Å². The van der Waals surface area contributed by atoms with E-state index >= 15 is 0 Å². The Morgan fingerprint density at radius 1 is 0.853 bits per heavy atom. The summed E-state index contributed by atoms with van der Waals surface area (Å²) < 4.78 is 0. The van der Waals surface area contributed by atoms with Crippen molar-refractivity contribution in [1.29, 1.82) is 0 Å². The molecule has 5 unspecified atom stereocenters. The van der Waals surface area contributed by atoms with E-state index in [-0.39, 0.29) is 6.42 Å². The molecule has 194 valence electrons. The summed E-state index contributed by atoms with van der Waals surface area (Å²) in [4.78, 5) is 71.8. The molecule has 0 fully saturated rings. The molecule has 14 nitrogen and oxygen atoms in total. The molecule has 0 aromatic rings. The minimum absolute atomic E-state index is 0.268. The molecule has 0 aliphatic carbocycles. The molecule has 0 radical (unpaired) electrons. The maximum Gasteiger partial charge on any atom is 0.326 e. The monoisotopic (exact) mass is 488 g/mol. The lowest BCUT2D eigenvalue weighted by Crippen LogP contribution is -2.58. The van der Waals surface area contributed by atoms with Crippen LogP contribution in [-0.4, -0.2) is 76.5 Å². The van der Waals surface area contributed by atoms with Crippen LogP contribution < -0.4 is 33.2 Å². The Labute approximate surface area is 197 Å². The van der Waals surface area contributed by atoms with Crippen LogP contribution in [-0.2, 0) is 28.8 Å². The van der Waals surface area contributed by atoms with Crippen LogP contribution in [0.4, 0.5) is 0 Å². The third-order valence-electron chi connectivity index (χ3n) is 5.13. The van der Waals surface area contributed by atoms with E-state index in [0.29, 0.717) is 25.8 Å². The second-order valence-electron chi connectivity index (χ2n) is 7.99. The Morgan fingerprint density at radius 2 is 1.38 bits per heavy atom. The predicted octanol–water partition coefficient (Wildman–Crippen LogP) is -2.62. The van der Waals surface area contributed by atoms with Crippen molar-refractivity contribution in [2.45, 2.75) is 76.5 Å². The Bertz CT molecular complexity index is 747. The Balaban J connectivity index is 5.51. The van der Waals surface area contributed by atoms with Gasteiger partial charge in [-0.1, -0.05) is 26.7 Å². The van der Waals surface area contributed by atoms with Crippen molar-refractivity contribution >= 4 is 35.6 Å². The van der Waals surface area contributed by atoms with Gasteiger partial charge in [-0.15, -0.1) is 0 Å². The van der Waals surface area contributed by atoms with Crippen LogP contribution in [0.15, 0.2) is 0 Å². The number of carbonyl (C=O) groups excluding carboxylic acids is 4. The predicted molar refractivity (Wildman–Crippen MR) is 120 cm³/mol.